The Hall–Kier alpha value is -0.440. The number of aryl methyl sites for hydroxylation is 1. The van der Waals surface area contributed by atoms with Crippen LogP contribution in [0.2, 0.25) is 5.02 Å². The molecule has 0 bridgehead atoms. The van der Waals surface area contributed by atoms with E-state index in [2.05, 4.69) is 0 Å². The Morgan fingerprint density at radius 3 is 2.40 bits per heavy atom. The molecule has 0 spiro atoms. The van der Waals surface area contributed by atoms with Gasteiger partial charge in [-0.2, -0.15) is 0 Å². The molecule has 1 aromatic carbocycles. The van der Waals surface area contributed by atoms with Gasteiger partial charge < -0.3 is 4.74 Å². The summed E-state index contributed by atoms with van der Waals surface area (Å²) in [6.07, 6.45) is 0. The molecule has 0 aliphatic heterocycles. The number of alkyl halides is 1. The first kappa shape index (κ1) is 12.6. The normalized spacial score (nSPS) is 13.0. The second kappa shape index (κ2) is 5.06. The van der Waals surface area contributed by atoms with Gasteiger partial charge in [-0.25, -0.2) is 0 Å². The molecule has 1 atom stereocenters. The van der Waals surface area contributed by atoms with E-state index < -0.39 is 0 Å². The maximum atomic E-state index is 6.24. The fraction of sp³-hybridized carbons (Fsp3) is 0.455. The van der Waals surface area contributed by atoms with Crippen LogP contribution in [0.3, 0.4) is 0 Å². The van der Waals surface area contributed by atoms with E-state index in [-0.39, 0.29) is 5.50 Å². The highest BCUT2D eigenvalue weighted by atomic mass is 35.5. The maximum absolute atomic E-state index is 6.24. The van der Waals surface area contributed by atoms with E-state index in [0.717, 1.165) is 11.1 Å². The summed E-state index contributed by atoms with van der Waals surface area (Å²) >= 11 is 12.3. The van der Waals surface area contributed by atoms with Gasteiger partial charge in [-0.3, -0.25) is 4.90 Å². The van der Waals surface area contributed by atoms with Gasteiger partial charge in [0, 0.05) is 0 Å². The molecule has 1 aromatic rings. The van der Waals surface area contributed by atoms with Crippen LogP contribution in [0.1, 0.15) is 16.6 Å². The molecule has 2 nitrogen and oxygen atoms in total. The van der Waals surface area contributed by atoms with Crippen molar-refractivity contribution in [3.8, 4) is 5.75 Å². The number of rotatable bonds is 3. The molecule has 0 fully saturated rings. The Labute approximate surface area is 101 Å². The van der Waals surface area contributed by atoms with E-state index in [0.29, 0.717) is 10.8 Å². The number of benzene rings is 1. The zero-order valence-electron chi connectivity index (χ0n) is 9.34. The number of nitrogens with zero attached hydrogens (tertiary/aromatic N) is 1. The molecular formula is C11H15Cl2NO. The molecule has 0 saturated heterocycles. The fourth-order valence-corrected chi connectivity index (χ4v) is 1.85. The molecule has 0 aliphatic carbocycles. The largest absolute Gasteiger partial charge is 0.495 e. The number of hydrogen-bond donors (Lipinski definition) is 0. The van der Waals surface area contributed by atoms with Crippen molar-refractivity contribution in [1.82, 2.24) is 4.90 Å². The smallest absolute Gasteiger partial charge is 0.137 e. The predicted molar refractivity (Wildman–Crippen MR) is 65.0 cm³/mol. The van der Waals surface area contributed by atoms with Crippen molar-refractivity contribution in [3.63, 3.8) is 0 Å². The first-order chi connectivity index (χ1) is 6.97. The Morgan fingerprint density at radius 2 is 1.93 bits per heavy atom. The molecule has 0 aliphatic rings. The van der Waals surface area contributed by atoms with Crippen molar-refractivity contribution in [2.24, 2.45) is 0 Å². The first-order valence-electron chi connectivity index (χ1n) is 4.62. The van der Waals surface area contributed by atoms with Crippen LogP contribution in [0.4, 0.5) is 0 Å². The summed E-state index contributed by atoms with van der Waals surface area (Å²) in [6, 6.07) is 3.75. The van der Waals surface area contributed by atoms with Crippen LogP contribution < -0.4 is 4.74 Å². The van der Waals surface area contributed by atoms with Crippen LogP contribution in [0.15, 0.2) is 12.1 Å². The third-order valence-electron chi connectivity index (χ3n) is 2.25. The lowest BCUT2D eigenvalue weighted by Crippen LogP contribution is -2.15. The molecule has 1 rings (SSSR count). The zero-order chi connectivity index (χ0) is 11.6. The van der Waals surface area contributed by atoms with Gasteiger partial charge in [0.1, 0.15) is 11.3 Å². The van der Waals surface area contributed by atoms with Crippen LogP contribution in [-0.4, -0.2) is 26.1 Å². The molecule has 0 N–H and O–H groups in total. The Bertz CT molecular complexity index is 353. The fourth-order valence-electron chi connectivity index (χ4n) is 1.36. The van der Waals surface area contributed by atoms with Gasteiger partial charge in [-0.05, 0) is 44.3 Å². The van der Waals surface area contributed by atoms with E-state index in [1.807, 2.05) is 38.1 Å². The summed E-state index contributed by atoms with van der Waals surface area (Å²) in [4.78, 5) is 1.92. The number of ether oxygens (including phenoxy) is 1. The van der Waals surface area contributed by atoms with Crippen LogP contribution in [0, 0.1) is 6.92 Å². The second-order valence-corrected chi connectivity index (χ2v) is 4.46. The summed E-state index contributed by atoms with van der Waals surface area (Å²) < 4.78 is 5.13. The molecule has 0 radical (unpaired) electrons. The van der Waals surface area contributed by atoms with E-state index in [9.17, 15) is 0 Å². The molecule has 0 amide bonds. The number of halogens is 2. The summed E-state index contributed by atoms with van der Waals surface area (Å²) in [5, 5.41) is 0.589. The number of methoxy groups -OCH3 is 1. The summed E-state index contributed by atoms with van der Waals surface area (Å²) in [5.74, 6) is 0.681. The first-order valence-corrected chi connectivity index (χ1v) is 5.43. The Morgan fingerprint density at radius 1 is 1.33 bits per heavy atom. The Balaban J connectivity index is 3.15. The van der Waals surface area contributed by atoms with Crippen molar-refractivity contribution in [2.45, 2.75) is 12.4 Å². The highest BCUT2D eigenvalue weighted by Gasteiger charge is 2.15. The van der Waals surface area contributed by atoms with Gasteiger partial charge in [-0.1, -0.05) is 11.6 Å². The minimum atomic E-state index is -0.173. The van der Waals surface area contributed by atoms with Crippen molar-refractivity contribution in [3.05, 3.63) is 28.3 Å². The highest BCUT2D eigenvalue weighted by Crippen LogP contribution is 2.33. The second-order valence-electron chi connectivity index (χ2n) is 3.64. The molecule has 1 unspecified atom stereocenters. The van der Waals surface area contributed by atoms with Crippen LogP contribution in [0.5, 0.6) is 5.75 Å². The van der Waals surface area contributed by atoms with E-state index in [1.165, 1.54) is 0 Å². The summed E-state index contributed by atoms with van der Waals surface area (Å²) in [6.45, 7) is 1.99. The molecule has 15 heavy (non-hydrogen) atoms. The lowest BCUT2D eigenvalue weighted by atomic mass is 10.1. The lowest BCUT2D eigenvalue weighted by molar-refractivity contribution is 0.382. The standard InChI is InChI=1S/C11H15Cl2NO/c1-7-5-10(15-4)9(12)6-8(7)11(13)14(2)3/h5-6,11H,1-4H3. The average Bonchev–Trinajstić information content (AvgIpc) is 2.19. The lowest BCUT2D eigenvalue weighted by Gasteiger charge is -2.20. The van der Waals surface area contributed by atoms with Crippen LogP contribution in [0.25, 0.3) is 0 Å². The van der Waals surface area contributed by atoms with Crippen molar-refractivity contribution in [1.29, 1.82) is 0 Å². The van der Waals surface area contributed by atoms with E-state index >= 15 is 0 Å². The van der Waals surface area contributed by atoms with Crippen LogP contribution in [-0.2, 0) is 0 Å². The zero-order valence-corrected chi connectivity index (χ0v) is 10.9. The van der Waals surface area contributed by atoms with Crippen LogP contribution >= 0.6 is 23.2 Å². The maximum Gasteiger partial charge on any atom is 0.137 e. The molecule has 0 aromatic heterocycles. The minimum absolute atomic E-state index is 0.173. The van der Waals surface area contributed by atoms with Crippen molar-refractivity contribution >= 4 is 23.2 Å². The quantitative estimate of drug-likeness (QED) is 0.600. The molecule has 84 valence electrons. The topological polar surface area (TPSA) is 12.5 Å². The predicted octanol–water partition coefficient (Wildman–Crippen LogP) is 3.46. The molecule has 4 heteroatoms. The van der Waals surface area contributed by atoms with Gasteiger partial charge in [-0.15, -0.1) is 11.6 Å². The van der Waals surface area contributed by atoms with E-state index in [4.69, 9.17) is 27.9 Å². The van der Waals surface area contributed by atoms with Crippen molar-refractivity contribution < 1.29 is 4.74 Å². The SMILES string of the molecule is COc1cc(C)c(C(Cl)N(C)C)cc1Cl. The third kappa shape index (κ3) is 2.77. The Kier molecular flexibility index (Phi) is 4.26. The van der Waals surface area contributed by atoms with Gasteiger partial charge >= 0.3 is 0 Å². The number of hydrogen-bond acceptors (Lipinski definition) is 2. The minimum Gasteiger partial charge on any atom is -0.495 e. The van der Waals surface area contributed by atoms with Gasteiger partial charge in [0.25, 0.3) is 0 Å². The van der Waals surface area contributed by atoms with E-state index in [1.54, 1.807) is 7.11 Å². The summed E-state index contributed by atoms with van der Waals surface area (Å²) in [7, 11) is 5.45. The highest BCUT2D eigenvalue weighted by molar-refractivity contribution is 6.32. The van der Waals surface area contributed by atoms with Crippen molar-refractivity contribution in [2.75, 3.05) is 21.2 Å². The van der Waals surface area contributed by atoms with Gasteiger partial charge in [0.15, 0.2) is 0 Å². The molecule has 0 saturated carbocycles. The third-order valence-corrected chi connectivity index (χ3v) is 3.17. The summed E-state index contributed by atoms with van der Waals surface area (Å²) in [5.41, 5.74) is 1.91. The monoisotopic (exact) mass is 247 g/mol. The average molecular weight is 248 g/mol. The van der Waals surface area contributed by atoms with Gasteiger partial charge in [0.05, 0.1) is 12.1 Å². The molecular weight excluding hydrogens is 233 g/mol. The molecule has 0 heterocycles. The van der Waals surface area contributed by atoms with Gasteiger partial charge in [0.2, 0.25) is 0 Å².